The topological polar surface area (TPSA) is 53.1 Å². The summed E-state index contributed by atoms with van der Waals surface area (Å²) in [6.07, 6.45) is 1.68. The largest absolute Gasteiger partial charge is 0.494 e. The van der Waals surface area contributed by atoms with Crippen molar-refractivity contribution >= 4 is 0 Å². The van der Waals surface area contributed by atoms with Gasteiger partial charge in [-0.3, -0.25) is 4.68 Å². The number of hydrogen-bond donors (Lipinski definition) is 1. The lowest BCUT2D eigenvalue weighted by Crippen LogP contribution is -1.99. The number of benzene rings is 1. The Labute approximate surface area is 103 Å². The number of nitrogens with zero attached hydrogens (tertiary/aromatic N) is 2. The molecule has 18 heavy (non-hydrogen) atoms. The molecule has 6 heteroatoms. The van der Waals surface area contributed by atoms with Crippen LogP contribution < -0.4 is 10.5 Å². The Hall–Kier alpha value is -1.95. The van der Waals surface area contributed by atoms with Crippen molar-refractivity contribution in [3.63, 3.8) is 0 Å². The summed E-state index contributed by atoms with van der Waals surface area (Å²) in [5.41, 5.74) is 6.63. The summed E-state index contributed by atoms with van der Waals surface area (Å²) in [4.78, 5) is 0. The minimum absolute atomic E-state index is 0.0781. The highest BCUT2D eigenvalue weighted by Crippen LogP contribution is 2.29. The predicted molar refractivity (Wildman–Crippen MR) is 63.0 cm³/mol. The molecule has 0 unspecified atom stereocenters. The minimum atomic E-state index is -0.637. The van der Waals surface area contributed by atoms with Gasteiger partial charge in [0.25, 0.3) is 0 Å². The van der Waals surface area contributed by atoms with Crippen LogP contribution in [-0.2, 0) is 13.6 Å². The van der Waals surface area contributed by atoms with Crippen LogP contribution in [0.1, 0.15) is 5.56 Å². The first-order valence-corrected chi connectivity index (χ1v) is 5.32. The minimum Gasteiger partial charge on any atom is -0.494 e. The normalized spacial score (nSPS) is 10.7. The summed E-state index contributed by atoms with van der Waals surface area (Å²) in [6.45, 7) is 0.205. The third-order valence-corrected chi connectivity index (χ3v) is 2.62. The van der Waals surface area contributed by atoms with Crippen molar-refractivity contribution in [1.29, 1.82) is 0 Å². The molecule has 0 aliphatic rings. The average molecular weight is 253 g/mol. The summed E-state index contributed by atoms with van der Waals surface area (Å²) >= 11 is 0. The highest BCUT2D eigenvalue weighted by atomic mass is 19.1. The number of ether oxygens (including phenoxy) is 1. The molecule has 0 saturated carbocycles. The number of aryl methyl sites for hydroxylation is 1. The lowest BCUT2D eigenvalue weighted by Gasteiger charge is -2.06. The zero-order valence-corrected chi connectivity index (χ0v) is 10.1. The van der Waals surface area contributed by atoms with Crippen LogP contribution in [0.25, 0.3) is 11.3 Å². The van der Waals surface area contributed by atoms with Crippen molar-refractivity contribution in [2.24, 2.45) is 12.8 Å². The van der Waals surface area contributed by atoms with Crippen molar-refractivity contribution in [3.05, 3.63) is 35.5 Å². The standard InChI is InChI=1S/C12H13F2N3O/c1-17-6-7(5-15)12(16-17)8-3-10(14)11(18-2)4-9(8)13/h3-4,6H,5,15H2,1-2H3. The molecule has 0 bridgehead atoms. The SMILES string of the molecule is COc1cc(F)c(-c2nn(C)cc2CN)cc1F. The molecule has 0 saturated heterocycles. The lowest BCUT2D eigenvalue weighted by atomic mass is 10.1. The summed E-state index contributed by atoms with van der Waals surface area (Å²) in [5, 5.41) is 4.10. The number of hydrogen-bond acceptors (Lipinski definition) is 3. The van der Waals surface area contributed by atoms with E-state index in [1.807, 2.05) is 0 Å². The molecule has 0 atom stereocenters. The molecule has 0 amide bonds. The summed E-state index contributed by atoms with van der Waals surface area (Å²) < 4.78 is 33.7. The van der Waals surface area contributed by atoms with E-state index in [0.29, 0.717) is 11.3 Å². The van der Waals surface area contributed by atoms with Gasteiger partial charge in [-0.25, -0.2) is 8.78 Å². The molecule has 2 rings (SSSR count). The third kappa shape index (κ3) is 2.06. The van der Waals surface area contributed by atoms with E-state index in [2.05, 4.69) is 5.10 Å². The molecule has 0 fully saturated rings. The first kappa shape index (κ1) is 12.5. The molecule has 0 radical (unpaired) electrons. The molecule has 1 heterocycles. The molecule has 96 valence electrons. The quantitative estimate of drug-likeness (QED) is 0.908. The smallest absolute Gasteiger partial charge is 0.165 e. The highest BCUT2D eigenvalue weighted by Gasteiger charge is 2.17. The average Bonchev–Trinajstić information content (AvgIpc) is 2.72. The maximum Gasteiger partial charge on any atom is 0.165 e. The number of nitrogens with two attached hydrogens (primary N) is 1. The van der Waals surface area contributed by atoms with Crippen molar-refractivity contribution in [2.45, 2.75) is 6.54 Å². The van der Waals surface area contributed by atoms with Crippen LogP contribution in [0.5, 0.6) is 5.75 Å². The Bertz CT molecular complexity index is 581. The number of rotatable bonds is 3. The first-order valence-electron chi connectivity index (χ1n) is 5.32. The molecule has 2 aromatic rings. The van der Waals surface area contributed by atoms with Gasteiger partial charge in [0, 0.05) is 37.0 Å². The second-order valence-electron chi connectivity index (χ2n) is 3.85. The second kappa shape index (κ2) is 4.73. The van der Waals surface area contributed by atoms with Gasteiger partial charge < -0.3 is 10.5 Å². The number of aromatic nitrogens is 2. The fourth-order valence-corrected chi connectivity index (χ4v) is 1.78. The van der Waals surface area contributed by atoms with Crippen LogP contribution in [-0.4, -0.2) is 16.9 Å². The predicted octanol–water partition coefficient (Wildman–Crippen LogP) is 1.83. The van der Waals surface area contributed by atoms with E-state index in [4.69, 9.17) is 10.5 Å². The van der Waals surface area contributed by atoms with Gasteiger partial charge >= 0.3 is 0 Å². The molecule has 2 N–H and O–H groups in total. The van der Waals surface area contributed by atoms with E-state index >= 15 is 0 Å². The van der Waals surface area contributed by atoms with E-state index in [9.17, 15) is 8.78 Å². The number of methoxy groups -OCH3 is 1. The Morgan fingerprint density at radius 3 is 2.67 bits per heavy atom. The summed E-state index contributed by atoms with van der Waals surface area (Å²) in [6, 6.07) is 2.06. The van der Waals surface area contributed by atoms with E-state index in [1.165, 1.54) is 11.8 Å². The third-order valence-electron chi connectivity index (χ3n) is 2.62. The summed E-state index contributed by atoms with van der Waals surface area (Å²) in [7, 11) is 2.98. The van der Waals surface area contributed by atoms with Crippen molar-refractivity contribution in [1.82, 2.24) is 9.78 Å². The van der Waals surface area contributed by atoms with Crippen LogP contribution in [0.15, 0.2) is 18.3 Å². The second-order valence-corrected chi connectivity index (χ2v) is 3.85. The Kier molecular flexibility index (Phi) is 3.29. The van der Waals surface area contributed by atoms with Gasteiger partial charge in [-0.05, 0) is 6.07 Å². The molecule has 0 aliphatic carbocycles. The maximum absolute atomic E-state index is 13.9. The molecular formula is C12H13F2N3O. The molecule has 1 aromatic carbocycles. The van der Waals surface area contributed by atoms with Gasteiger partial charge in [0.15, 0.2) is 11.6 Å². The molecular weight excluding hydrogens is 240 g/mol. The summed E-state index contributed by atoms with van der Waals surface area (Å²) in [5.74, 6) is -1.37. The number of halogens is 2. The van der Waals surface area contributed by atoms with Crippen LogP contribution in [0.3, 0.4) is 0 Å². The zero-order valence-electron chi connectivity index (χ0n) is 10.1. The maximum atomic E-state index is 13.9. The fraction of sp³-hybridized carbons (Fsp3) is 0.250. The van der Waals surface area contributed by atoms with Crippen molar-refractivity contribution in [3.8, 4) is 17.0 Å². The van der Waals surface area contributed by atoms with Crippen LogP contribution >= 0.6 is 0 Å². The van der Waals surface area contributed by atoms with Crippen LogP contribution in [0, 0.1) is 11.6 Å². The Morgan fingerprint density at radius 1 is 1.33 bits per heavy atom. The molecule has 4 nitrogen and oxygen atoms in total. The van der Waals surface area contributed by atoms with Gasteiger partial charge in [0.05, 0.1) is 12.8 Å². The zero-order chi connectivity index (χ0) is 13.3. The van der Waals surface area contributed by atoms with E-state index in [0.717, 1.165) is 12.1 Å². The van der Waals surface area contributed by atoms with E-state index in [-0.39, 0.29) is 17.9 Å². The van der Waals surface area contributed by atoms with Crippen molar-refractivity contribution < 1.29 is 13.5 Å². The van der Waals surface area contributed by atoms with Gasteiger partial charge in [0.2, 0.25) is 0 Å². The van der Waals surface area contributed by atoms with Gasteiger partial charge in [-0.15, -0.1) is 0 Å². The first-order chi connectivity index (χ1) is 8.56. The van der Waals surface area contributed by atoms with Crippen LogP contribution in [0.4, 0.5) is 8.78 Å². The lowest BCUT2D eigenvalue weighted by molar-refractivity contribution is 0.383. The fourth-order valence-electron chi connectivity index (χ4n) is 1.78. The van der Waals surface area contributed by atoms with Gasteiger partial charge in [0.1, 0.15) is 5.82 Å². The molecule has 0 spiro atoms. The van der Waals surface area contributed by atoms with E-state index < -0.39 is 11.6 Å². The molecule has 1 aromatic heterocycles. The Balaban J connectivity index is 2.60. The van der Waals surface area contributed by atoms with Gasteiger partial charge in [-0.1, -0.05) is 0 Å². The highest BCUT2D eigenvalue weighted by molar-refractivity contribution is 5.64. The van der Waals surface area contributed by atoms with Crippen molar-refractivity contribution in [2.75, 3.05) is 7.11 Å². The monoisotopic (exact) mass is 253 g/mol. The van der Waals surface area contributed by atoms with Crippen LogP contribution in [0.2, 0.25) is 0 Å². The Morgan fingerprint density at radius 2 is 2.06 bits per heavy atom. The van der Waals surface area contributed by atoms with E-state index in [1.54, 1.807) is 13.2 Å². The molecule has 0 aliphatic heterocycles. The van der Waals surface area contributed by atoms with Gasteiger partial charge in [-0.2, -0.15) is 5.10 Å².